The van der Waals surface area contributed by atoms with Gasteiger partial charge in [0.15, 0.2) is 0 Å². The van der Waals surface area contributed by atoms with E-state index >= 15 is 0 Å². The van der Waals surface area contributed by atoms with E-state index in [0.717, 1.165) is 0 Å². The van der Waals surface area contributed by atoms with Crippen LogP contribution in [0.15, 0.2) is 0 Å². The van der Waals surface area contributed by atoms with Gasteiger partial charge in [-0.1, -0.05) is 13.8 Å². The van der Waals surface area contributed by atoms with Gasteiger partial charge in [0.05, 0.1) is 12.0 Å². The van der Waals surface area contributed by atoms with E-state index < -0.39 is 17.5 Å². The van der Waals surface area contributed by atoms with E-state index in [9.17, 15) is 13.2 Å². The van der Waals surface area contributed by atoms with Crippen molar-refractivity contribution in [3.8, 4) is 0 Å². The summed E-state index contributed by atoms with van der Waals surface area (Å²) in [7, 11) is 0. The Morgan fingerprint density at radius 2 is 1.92 bits per heavy atom. The lowest BCUT2D eigenvalue weighted by molar-refractivity contribution is -0.237. The number of halogens is 3. The summed E-state index contributed by atoms with van der Waals surface area (Å²) in [5.41, 5.74) is -1.59. The van der Waals surface area contributed by atoms with Crippen LogP contribution in [-0.4, -0.2) is 19.4 Å². The molecule has 72 valence electrons. The van der Waals surface area contributed by atoms with Gasteiger partial charge in [-0.05, 0) is 12.3 Å². The summed E-state index contributed by atoms with van der Waals surface area (Å²) in [6.07, 6.45) is -4.02. The van der Waals surface area contributed by atoms with Crippen molar-refractivity contribution in [1.82, 2.24) is 0 Å². The summed E-state index contributed by atoms with van der Waals surface area (Å²) >= 11 is 0. The van der Waals surface area contributed by atoms with E-state index in [0.29, 0.717) is 0 Å². The molecule has 4 heteroatoms. The minimum Gasteiger partial charge on any atom is -0.380 e. The fourth-order valence-corrected chi connectivity index (χ4v) is 1.59. The van der Waals surface area contributed by atoms with Crippen molar-refractivity contribution in [3.05, 3.63) is 0 Å². The quantitative estimate of drug-likeness (QED) is 0.605. The van der Waals surface area contributed by atoms with Crippen LogP contribution in [0.4, 0.5) is 13.2 Å². The van der Waals surface area contributed by atoms with Crippen molar-refractivity contribution < 1.29 is 17.9 Å². The van der Waals surface area contributed by atoms with Crippen LogP contribution in [0.2, 0.25) is 0 Å². The van der Waals surface area contributed by atoms with Crippen LogP contribution >= 0.6 is 0 Å². The Labute approximate surface area is 69.9 Å². The van der Waals surface area contributed by atoms with Crippen LogP contribution in [0.1, 0.15) is 20.3 Å². The fourth-order valence-electron chi connectivity index (χ4n) is 1.59. The normalized spacial score (nSPS) is 31.5. The summed E-state index contributed by atoms with van der Waals surface area (Å²) in [6.45, 7) is 3.26. The van der Waals surface area contributed by atoms with E-state index in [4.69, 9.17) is 4.74 Å². The molecule has 0 amide bonds. The van der Waals surface area contributed by atoms with Gasteiger partial charge in [-0.15, -0.1) is 0 Å². The molecule has 1 nitrogen and oxygen atoms in total. The molecule has 0 aromatic heterocycles. The molecule has 1 heterocycles. The molecule has 1 saturated heterocycles. The molecule has 0 aromatic rings. The predicted molar refractivity (Wildman–Crippen MR) is 38.8 cm³/mol. The van der Waals surface area contributed by atoms with Gasteiger partial charge in [-0.3, -0.25) is 0 Å². The third-order valence-electron chi connectivity index (χ3n) is 2.72. The molecular weight excluding hydrogens is 169 g/mol. The second-order valence-electron chi connectivity index (χ2n) is 3.61. The SMILES string of the molecule is CC(C)C1(C(F)(F)F)CCOC1. The summed E-state index contributed by atoms with van der Waals surface area (Å²) in [5, 5.41) is 0. The number of alkyl halides is 3. The molecule has 1 rings (SSSR count). The van der Waals surface area contributed by atoms with Crippen LogP contribution in [0.25, 0.3) is 0 Å². The smallest absolute Gasteiger partial charge is 0.380 e. The lowest BCUT2D eigenvalue weighted by Gasteiger charge is -2.33. The van der Waals surface area contributed by atoms with Crippen LogP contribution in [0.3, 0.4) is 0 Å². The standard InChI is InChI=1S/C8H13F3O/c1-6(2)7(8(9,10)11)3-4-12-5-7/h6H,3-5H2,1-2H3. The zero-order chi connectivity index (χ0) is 9.41. The molecule has 1 unspecified atom stereocenters. The third kappa shape index (κ3) is 1.32. The lowest BCUT2D eigenvalue weighted by atomic mass is 9.76. The first-order chi connectivity index (χ1) is 5.40. The van der Waals surface area contributed by atoms with Crippen molar-refractivity contribution in [2.45, 2.75) is 26.4 Å². The van der Waals surface area contributed by atoms with E-state index in [1.165, 1.54) is 0 Å². The van der Waals surface area contributed by atoms with E-state index in [2.05, 4.69) is 0 Å². The van der Waals surface area contributed by atoms with Crippen molar-refractivity contribution in [1.29, 1.82) is 0 Å². The molecule has 1 aliphatic rings. The highest BCUT2D eigenvalue weighted by molar-refractivity contribution is 4.92. The van der Waals surface area contributed by atoms with Gasteiger partial charge in [0.2, 0.25) is 0 Å². The minimum atomic E-state index is -4.13. The number of hydrogen-bond donors (Lipinski definition) is 0. The molecule has 12 heavy (non-hydrogen) atoms. The Kier molecular flexibility index (Phi) is 2.38. The first-order valence-electron chi connectivity index (χ1n) is 4.04. The van der Waals surface area contributed by atoms with Crippen LogP contribution in [-0.2, 0) is 4.74 Å². The average Bonchev–Trinajstić information content (AvgIpc) is 2.31. The van der Waals surface area contributed by atoms with Gasteiger partial charge in [0.25, 0.3) is 0 Å². The Morgan fingerprint density at radius 3 is 2.08 bits per heavy atom. The fraction of sp³-hybridized carbons (Fsp3) is 1.00. The second-order valence-corrected chi connectivity index (χ2v) is 3.61. The number of hydrogen-bond acceptors (Lipinski definition) is 1. The van der Waals surface area contributed by atoms with Gasteiger partial charge in [0, 0.05) is 6.61 Å². The van der Waals surface area contributed by atoms with Crippen LogP contribution in [0, 0.1) is 11.3 Å². The van der Waals surface area contributed by atoms with Gasteiger partial charge in [0.1, 0.15) is 0 Å². The molecule has 0 saturated carbocycles. The van der Waals surface area contributed by atoms with Crippen molar-refractivity contribution in [2.24, 2.45) is 11.3 Å². The molecule has 1 aliphatic heterocycles. The summed E-state index contributed by atoms with van der Waals surface area (Å²) in [5.74, 6) is -0.403. The summed E-state index contributed by atoms with van der Waals surface area (Å²) in [4.78, 5) is 0. The molecule has 0 N–H and O–H groups in total. The van der Waals surface area contributed by atoms with Gasteiger partial charge in [-0.2, -0.15) is 13.2 Å². The van der Waals surface area contributed by atoms with E-state index in [-0.39, 0.29) is 19.6 Å². The van der Waals surface area contributed by atoms with Crippen molar-refractivity contribution >= 4 is 0 Å². The van der Waals surface area contributed by atoms with Crippen LogP contribution in [0.5, 0.6) is 0 Å². The Hall–Kier alpha value is -0.250. The van der Waals surface area contributed by atoms with Gasteiger partial charge in [-0.25, -0.2) is 0 Å². The molecule has 0 bridgehead atoms. The zero-order valence-electron chi connectivity index (χ0n) is 7.24. The first kappa shape index (κ1) is 9.84. The molecule has 0 aromatic carbocycles. The van der Waals surface area contributed by atoms with Crippen LogP contribution < -0.4 is 0 Å². The molecule has 0 radical (unpaired) electrons. The monoisotopic (exact) mass is 182 g/mol. The molecule has 1 atom stereocenters. The number of ether oxygens (including phenoxy) is 1. The first-order valence-corrected chi connectivity index (χ1v) is 4.04. The third-order valence-corrected chi connectivity index (χ3v) is 2.72. The summed E-state index contributed by atoms with van der Waals surface area (Å²) in [6, 6.07) is 0. The maximum Gasteiger partial charge on any atom is 0.397 e. The largest absolute Gasteiger partial charge is 0.397 e. The zero-order valence-corrected chi connectivity index (χ0v) is 7.24. The Morgan fingerprint density at radius 1 is 1.33 bits per heavy atom. The van der Waals surface area contributed by atoms with Crippen molar-refractivity contribution in [2.75, 3.05) is 13.2 Å². The molecule has 0 spiro atoms. The predicted octanol–water partition coefficient (Wildman–Crippen LogP) is 2.61. The van der Waals surface area contributed by atoms with Gasteiger partial charge < -0.3 is 4.74 Å². The molecule has 0 aliphatic carbocycles. The topological polar surface area (TPSA) is 9.23 Å². The number of rotatable bonds is 1. The highest BCUT2D eigenvalue weighted by Gasteiger charge is 2.58. The van der Waals surface area contributed by atoms with Crippen molar-refractivity contribution in [3.63, 3.8) is 0 Å². The minimum absolute atomic E-state index is 0.105. The molecular formula is C8H13F3O. The lowest BCUT2D eigenvalue weighted by Crippen LogP contribution is -2.42. The van der Waals surface area contributed by atoms with E-state index in [1.54, 1.807) is 13.8 Å². The van der Waals surface area contributed by atoms with E-state index in [1.807, 2.05) is 0 Å². The molecule has 1 fully saturated rings. The highest BCUT2D eigenvalue weighted by Crippen LogP contribution is 2.49. The average molecular weight is 182 g/mol. The maximum atomic E-state index is 12.6. The maximum absolute atomic E-state index is 12.6. The Bertz CT molecular complexity index is 156. The summed E-state index contributed by atoms with van der Waals surface area (Å²) < 4.78 is 42.6. The Balaban J connectivity index is 2.87. The highest BCUT2D eigenvalue weighted by atomic mass is 19.4. The van der Waals surface area contributed by atoms with Gasteiger partial charge >= 0.3 is 6.18 Å². The second kappa shape index (κ2) is 2.91.